The summed E-state index contributed by atoms with van der Waals surface area (Å²) in [6.07, 6.45) is 4.24. The van der Waals surface area contributed by atoms with Crippen molar-refractivity contribution in [2.45, 2.75) is 12.8 Å². The summed E-state index contributed by atoms with van der Waals surface area (Å²) in [5.74, 6) is 0.174. The molecule has 1 rings (SSSR count). The Balaban J connectivity index is 2.55. The fourth-order valence-electron chi connectivity index (χ4n) is 1.44. The number of carbonyl (C=O) groups is 1. The van der Waals surface area contributed by atoms with Crippen LogP contribution in [0.2, 0.25) is 5.02 Å². The van der Waals surface area contributed by atoms with Crippen molar-refractivity contribution in [3.8, 4) is 0 Å². The molecular formula is C12H16ClNO2S. The van der Waals surface area contributed by atoms with Gasteiger partial charge in [-0.15, -0.1) is 0 Å². The molecule has 0 fully saturated rings. The number of hydrogen-bond donors (Lipinski definition) is 2. The third kappa shape index (κ3) is 4.88. The van der Waals surface area contributed by atoms with Gasteiger partial charge in [0.15, 0.2) is 0 Å². The lowest BCUT2D eigenvalue weighted by molar-refractivity contribution is 0.0698. The van der Waals surface area contributed by atoms with Crippen LogP contribution in [0.3, 0.4) is 0 Å². The van der Waals surface area contributed by atoms with E-state index in [1.54, 1.807) is 12.1 Å². The highest BCUT2D eigenvalue weighted by atomic mass is 35.5. The first kappa shape index (κ1) is 14.2. The van der Waals surface area contributed by atoms with Crippen molar-refractivity contribution in [3.63, 3.8) is 0 Å². The number of thioether (sulfide) groups is 1. The van der Waals surface area contributed by atoms with Crippen molar-refractivity contribution in [2.24, 2.45) is 0 Å². The average molecular weight is 274 g/mol. The van der Waals surface area contributed by atoms with Crippen molar-refractivity contribution >= 4 is 35.0 Å². The Morgan fingerprint density at radius 1 is 1.47 bits per heavy atom. The Hall–Kier alpha value is -0.870. The summed E-state index contributed by atoms with van der Waals surface area (Å²) >= 11 is 7.59. The molecule has 0 spiro atoms. The Kier molecular flexibility index (Phi) is 6.22. The molecule has 5 heteroatoms. The molecule has 17 heavy (non-hydrogen) atoms. The Labute approximate surface area is 111 Å². The second-order valence-electron chi connectivity index (χ2n) is 3.62. The lowest BCUT2D eigenvalue weighted by Gasteiger charge is -2.09. The molecule has 0 amide bonds. The molecule has 0 atom stereocenters. The second kappa shape index (κ2) is 7.45. The number of aromatic carboxylic acids is 1. The molecule has 0 saturated heterocycles. The summed E-state index contributed by atoms with van der Waals surface area (Å²) in [5.41, 5.74) is 0.855. The van der Waals surface area contributed by atoms with Crippen molar-refractivity contribution < 1.29 is 9.90 Å². The third-order valence-corrected chi connectivity index (χ3v) is 3.23. The fraction of sp³-hybridized carbons (Fsp3) is 0.417. The zero-order chi connectivity index (χ0) is 12.7. The number of nitrogens with one attached hydrogen (secondary N) is 1. The molecule has 94 valence electrons. The first-order chi connectivity index (χ1) is 8.15. The van der Waals surface area contributed by atoms with E-state index in [0.29, 0.717) is 10.7 Å². The van der Waals surface area contributed by atoms with Gasteiger partial charge in [-0.2, -0.15) is 11.8 Å². The lowest BCUT2D eigenvalue weighted by atomic mass is 10.1. The summed E-state index contributed by atoms with van der Waals surface area (Å²) < 4.78 is 0. The zero-order valence-electron chi connectivity index (χ0n) is 9.70. The van der Waals surface area contributed by atoms with Crippen molar-refractivity contribution in [2.75, 3.05) is 23.9 Å². The highest BCUT2D eigenvalue weighted by Gasteiger charge is 2.09. The SMILES string of the molecule is CSCCCCNc1ccc(Cl)cc1C(=O)O. The number of hydrogen-bond acceptors (Lipinski definition) is 3. The van der Waals surface area contributed by atoms with Crippen LogP contribution in [0, 0.1) is 0 Å². The van der Waals surface area contributed by atoms with E-state index in [0.717, 1.165) is 25.1 Å². The van der Waals surface area contributed by atoms with E-state index in [9.17, 15) is 4.79 Å². The summed E-state index contributed by atoms with van der Waals surface area (Å²) in [6.45, 7) is 0.780. The van der Waals surface area contributed by atoms with E-state index >= 15 is 0 Å². The van der Waals surface area contributed by atoms with Gasteiger partial charge in [-0.05, 0) is 43.0 Å². The molecule has 1 aromatic carbocycles. The summed E-state index contributed by atoms with van der Waals surface area (Å²) in [7, 11) is 0. The Morgan fingerprint density at radius 3 is 2.88 bits per heavy atom. The predicted molar refractivity (Wildman–Crippen MR) is 74.5 cm³/mol. The standard InChI is InChI=1S/C12H16ClNO2S/c1-17-7-3-2-6-14-11-5-4-9(13)8-10(11)12(15)16/h4-5,8,14H,2-3,6-7H2,1H3,(H,15,16). The highest BCUT2D eigenvalue weighted by molar-refractivity contribution is 7.98. The van der Waals surface area contributed by atoms with E-state index in [2.05, 4.69) is 11.6 Å². The van der Waals surface area contributed by atoms with Crippen LogP contribution in [0.4, 0.5) is 5.69 Å². The van der Waals surface area contributed by atoms with Gasteiger partial charge in [0, 0.05) is 17.3 Å². The molecule has 0 saturated carbocycles. The van der Waals surface area contributed by atoms with Gasteiger partial charge >= 0.3 is 5.97 Å². The van der Waals surface area contributed by atoms with Gasteiger partial charge in [0.1, 0.15) is 0 Å². The molecule has 0 bridgehead atoms. The number of anilines is 1. The van der Waals surface area contributed by atoms with Crippen LogP contribution in [0.25, 0.3) is 0 Å². The molecule has 0 heterocycles. The molecule has 2 N–H and O–H groups in total. The van der Waals surface area contributed by atoms with Crippen LogP contribution in [0.1, 0.15) is 23.2 Å². The van der Waals surface area contributed by atoms with Gasteiger partial charge in [0.25, 0.3) is 0 Å². The summed E-state index contributed by atoms with van der Waals surface area (Å²) in [5, 5.41) is 12.6. The van der Waals surface area contributed by atoms with Crippen LogP contribution < -0.4 is 5.32 Å². The fourth-order valence-corrected chi connectivity index (χ4v) is 2.11. The second-order valence-corrected chi connectivity index (χ2v) is 5.04. The Morgan fingerprint density at radius 2 is 2.24 bits per heavy atom. The topological polar surface area (TPSA) is 49.3 Å². The van der Waals surface area contributed by atoms with Gasteiger partial charge in [-0.25, -0.2) is 4.79 Å². The molecule has 0 aliphatic carbocycles. The number of carboxylic acids is 1. The van der Waals surface area contributed by atoms with Crippen molar-refractivity contribution in [3.05, 3.63) is 28.8 Å². The first-order valence-corrected chi connectivity index (χ1v) is 7.18. The minimum absolute atomic E-state index is 0.224. The predicted octanol–water partition coefficient (Wildman–Crippen LogP) is 3.59. The monoisotopic (exact) mass is 273 g/mol. The Bertz CT molecular complexity index is 385. The van der Waals surface area contributed by atoms with Crippen LogP contribution >= 0.6 is 23.4 Å². The van der Waals surface area contributed by atoms with E-state index in [-0.39, 0.29) is 5.56 Å². The smallest absolute Gasteiger partial charge is 0.337 e. The molecule has 0 unspecified atom stereocenters. The molecule has 1 aromatic rings. The molecule has 0 aromatic heterocycles. The average Bonchev–Trinajstić information content (AvgIpc) is 2.30. The maximum absolute atomic E-state index is 11.0. The van der Waals surface area contributed by atoms with E-state index in [1.165, 1.54) is 6.07 Å². The third-order valence-electron chi connectivity index (χ3n) is 2.30. The van der Waals surface area contributed by atoms with Gasteiger partial charge in [-0.3, -0.25) is 0 Å². The van der Waals surface area contributed by atoms with E-state index in [1.807, 2.05) is 11.8 Å². The van der Waals surface area contributed by atoms with Gasteiger partial charge in [0.05, 0.1) is 5.56 Å². The molecule has 0 aliphatic rings. The van der Waals surface area contributed by atoms with Crippen LogP contribution in [0.15, 0.2) is 18.2 Å². The molecular weight excluding hydrogens is 258 g/mol. The van der Waals surface area contributed by atoms with E-state index in [4.69, 9.17) is 16.7 Å². The quantitative estimate of drug-likeness (QED) is 0.746. The van der Waals surface area contributed by atoms with Gasteiger partial charge in [0.2, 0.25) is 0 Å². The van der Waals surface area contributed by atoms with Gasteiger partial charge in [-0.1, -0.05) is 11.6 Å². The lowest BCUT2D eigenvalue weighted by Crippen LogP contribution is -2.07. The highest BCUT2D eigenvalue weighted by Crippen LogP contribution is 2.20. The summed E-state index contributed by atoms with van der Waals surface area (Å²) in [6, 6.07) is 4.87. The number of rotatable bonds is 7. The van der Waals surface area contributed by atoms with Crippen LogP contribution in [0.5, 0.6) is 0 Å². The normalized spacial score (nSPS) is 10.2. The molecule has 0 radical (unpaired) electrons. The van der Waals surface area contributed by atoms with Crippen molar-refractivity contribution in [1.29, 1.82) is 0 Å². The summed E-state index contributed by atoms with van der Waals surface area (Å²) in [4.78, 5) is 11.0. The molecule has 0 aliphatic heterocycles. The number of benzene rings is 1. The van der Waals surface area contributed by atoms with Gasteiger partial charge < -0.3 is 10.4 Å². The van der Waals surface area contributed by atoms with E-state index < -0.39 is 5.97 Å². The van der Waals surface area contributed by atoms with Crippen LogP contribution in [-0.2, 0) is 0 Å². The first-order valence-electron chi connectivity index (χ1n) is 5.41. The minimum atomic E-state index is -0.959. The number of unbranched alkanes of at least 4 members (excludes halogenated alkanes) is 1. The van der Waals surface area contributed by atoms with Crippen molar-refractivity contribution in [1.82, 2.24) is 0 Å². The maximum Gasteiger partial charge on any atom is 0.337 e. The van der Waals surface area contributed by atoms with Crippen LogP contribution in [-0.4, -0.2) is 29.6 Å². The number of carboxylic acid groups (broad SMARTS) is 1. The largest absolute Gasteiger partial charge is 0.478 e. The number of halogens is 1. The molecule has 3 nitrogen and oxygen atoms in total. The maximum atomic E-state index is 11.0. The minimum Gasteiger partial charge on any atom is -0.478 e. The zero-order valence-corrected chi connectivity index (χ0v) is 11.3.